The molecule has 1 rings (SSSR count). The van der Waals surface area contributed by atoms with E-state index in [2.05, 4.69) is 0 Å². The molecule has 0 aromatic heterocycles. The van der Waals surface area contributed by atoms with E-state index in [1.807, 2.05) is 19.9 Å². The average molecular weight is 235 g/mol. The molecule has 1 aromatic carbocycles. The molecule has 0 amide bonds. The molecule has 0 unspecified atom stereocenters. The first kappa shape index (κ1) is 11.8. The van der Waals surface area contributed by atoms with Crippen LogP contribution in [0.4, 0.5) is 4.39 Å². The van der Waals surface area contributed by atoms with Gasteiger partial charge in [0.05, 0.1) is 5.02 Å². The second kappa shape index (κ2) is 4.50. The molecule has 0 fully saturated rings. The van der Waals surface area contributed by atoms with Crippen LogP contribution in [0.25, 0.3) is 0 Å². The Balaban J connectivity index is 2.92. The van der Waals surface area contributed by atoms with E-state index < -0.39 is 0 Å². The zero-order valence-electron chi connectivity index (χ0n) is 8.28. The lowest BCUT2D eigenvalue weighted by molar-refractivity contribution is 0.417. The van der Waals surface area contributed by atoms with E-state index in [9.17, 15) is 4.39 Å². The molecule has 0 atom stereocenters. The van der Waals surface area contributed by atoms with Crippen molar-refractivity contribution >= 4 is 23.2 Å². The van der Waals surface area contributed by atoms with Crippen LogP contribution in [0, 0.1) is 11.2 Å². The molecule has 0 saturated carbocycles. The van der Waals surface area contributed by atoms with Crippen molar-refractivity contribution in [1.29, 1.82) is 0 Å². The van der Waals surface area contributed by atoms with Gasteiger partial charge in [0.2, 0.25) is 0 Å². The fraction of sp³-hybridized carbons (Fsp3) is 0.455. The zero-order chi connectivity index (χ0) is 10.8. The quantitative estimate of drug-likeness (QED) is 0.685. The van der Waals surface area contributed by atoms with E-state index in [4.69, 9.17) is 23.2 Å². The van der Waals surface area contributed by atoms with Crippen LogP contribution in [0.5, 0.6) is 0 Å². The molecule has 0 aliphatic carbocycles. The monoisotopic (exact) mass is 234 g/mol. The van der Waals surface area contributed by atoms with Gasteiger partial charge in [0, 0.05) is 5.88 Å². The van der Waals surface area contributed by atoms with Crippen LogP contribution in [-0.2, 0) is 6.42 Å². The van der Waals surface area contributed by atoms with Crippen LogP contribution in [0.3, 0.4) is 0 Å². The molecule has 78 valence electrons. The number of halogens is 3. The van der Waals surface area contributed by atoms with E-state index in [1.54, 1.807) is 6.07 Å². The van der Waals surface area contributed by atoms with Gasteiger partial charge in [0.25, 0.3) is 0 Å². The number of benzene rings is 1. The minimum atomic E-state index is -0.366. The fourth-order valence-corrected chi connectivity index (χ4v) is 1.54. The summed E-state index contributed by atoms with van der Waals surface area (Å²) in [7, 11) is 0. The summed E-state index contributed by atoms with van der Waals surface area (Å²) in [5.74, 6) is 0.161. The van der Waals surface area contributed by atoms with Crippen LogP contribution in [0.1, 0.15) is 19.4 Å². The molecule has 0 aliphatic rings. The van der Waals surface area contributed by atoms with Gasteiger partial charge in [-0.25, -0.2) is 4.39 Å². The molecule has 0 nitrogen and oxygen atoms in total. The molecule has 0 aliphatic heterocycles. The van der Waals surface area contributed by atoms with Crippen molar-refractivity contribution in [2.45, 2.75) is 20.3 Å². The van der Waals surface area contributed by atoms with Gasteiger partial charge in [-0.1, -0.05) is 37.6 Å². The largest absolute Gasteiger partial charge is 0.205 e. The van der Waals surface area contributed by atoms with Gasteiger partial charge in [-0.15, -0.1) is 11.6 Å². The lowest BCUT2D eigenvalue weighted by Crippen LogP contribution is -2.17. The first-order valence-electron chi connectivity index (χ1n) is 4.45. The van der Waals surface area contributed by atoms with Gasteiger partial charge in [-0.3, -0.25) is 0 Å². The smallest absolute Gasteiger partial charge is 0.142 e. The second-order valence-corrected chi connectivity index (χ2v) is 4.83. The summed E-state index contributed by atoms with van der Waals surface area (Å²) in [5.41, 5.74) is 0.760. The van der Waals surface area contributed by atoms with Crippen molar-refractivity contribution < 1.29 is 4.39 Å². The first-order valence-corrected chi connectivity index (χ1v) is 5.36. The highest BCUT2D eigenvalue weighted by molar-refractivity contribution is 6.31. The molecular weight excluding hydrogens is 222 g/mol. The summed E-state index contributed by atoms with van der Waals surface area (Å²) in [5, 5.41) is 0.214. The van der Waals surface area contributed by atoms with Gasteiger partial charge in [-0.05, 0) is 23.5 Å². The molecule has 0 N–H and O–H groups in total. The normalized spacial score (nSPS) is 11.8. The van der Waals surface area contributed by atoms with Crippen molar-refractivity contribution in [1.82, 2.24) is 0 Å². The third kappa shape index (κ3) is 2.86. The summed E-state index contributed by atoms with van der Waals surface area (Å²) in [6.07, 6.45) is 0.688. The molecule has 0 heterocycles. The molecule has 0 radical (unpaired) electrons. The third-order valence-corrected chi connectivity index (χ3v) is 3.21. The Bertz CT molecular complexity index is 321. The highest BCUT2D eigenvalue weighted by Gasteiger charge is 2.19. The van der Waals surface area contributed by atoms with Crippen molar-refractivity contribution in [2.75, 3.05) is 5.88 Å². The molecule has 0 bridgehead atoms. The Labute approximate surface area is 94.0 Å². The SMILES string of the molecule is CC(C)(CCl)Cc1cccc(F)c1Cl. The Kier molecular flexibility index (Phi) is 3.79. The maximum atomic E-state index is 13.1. The maximum absolute atomic E-state index is 13.1. The third-order valence-electron chi connectivity index (χ3n) is 2.06. The van der Waals surface area contributed by atoms with Crippen LogP contribution < -0.4 is 0 Å². The van der Waals surface area contributed by atoms with E-state index in [0.29, 0.717) is 12.3 Å². The molecular formula is C11H13Cl2F. The van der Waals surface area contributed by atoms with E-state index >= 15 is 0 Å². The molecule has 0 saturated heterocycles. The van der Waals surface area contributed by atoms with Crippen molar-refractivity contribution in [3.8, 4) is 0 Å². The van der Waals surface area contributed by atoms with Crippen LogP contribution in [0.2, 0.25) is 5.02 Å². The minimum absolute atomic E-state index is 0.0566. The van der Waals surface area contributed by atoms with Crippen LogP contribution >= 0.6 is 23.2 Å². The minimum Gasteiger partial charge on any atom is -0.205 e. The van der Waals surface area contributed by atoms with Gasteiger partial charge < -0.3 is 0 Å². The van der Waals surface area contributed by atoms with Gasteiger partial charge in [0.15, 0.2) is 0 Å². The van der Waals surface area contributed by atoms with Crippen LogP contribution in [0.15, 0.2) is 18.2 Å². The zero-order valence-corrected chi connectivity index (χ0v) is 9.79. The van der Waals surface area contributed by atoms with E-state index in [1.165, 1.54) is 6.07 Å². The molecule has 3 heteroatoms. The average Bonchev–Trinajstić information content (AvgIpc) is 2.13. The number of alkyl halides is 1. The van der Waals surface area contributed by atoms with Crippen molar-refractivity contribution in [3.05, 3.63) is 34.6 Å². The molecule has 14 heavy (non-hydrogen) atoms. The standard InChI is InChI=1S/C11H13Cl2F/c1-11(2,7-12)6-8-4-3-5-9(14)10(8)13/h3-5H,6-7H2,1-2H3. The summed E-state index contributed by atoms with van der Waals surface area (Å²) in [6.45, 7) is 4.06. The second-order valence-electron chi connectivity index (χ2n) is 4.19. The van der Waals surface area contributed by atoms with Crippen LogP contribution in [-0.4, -0.2) is 5.88 Å². The van der Waals surface area contributed by atoms with E-state index in [0.717, 1.165) is 5.56 Å². The topological polar surface area (TPSA) is 0 Å². The van der Waals surface area contributed by atoms with Gasteiger partial charge in [-0.2, -0.15) is 0 Å². The predicted octanol–water partition coefficient (Wildman–Crippen LogP) is 4.29. The lowest BCUT2D eigenvalue weighted by Gasteiger charge is -2.21. The molecule has 0 spiro atoms. The number of hydrogen-bond donors (Lipinski definition) is 0. The van der Waals surface area contributed by atoms with E-state index in [-0.39, 0.29) is 16.3 Å². The van der Waals surface area contributed by atoms with Gasteiger partial charge >= 0.3 is 0 Å². The summed E-state index contributed by atoms with van der Waals surface area (Å²) < 4.78 is 13.1. The van der Waals surface area contributed by atoms with Crippen molar-refractivity contribution in [2.24, 2.45) is 5.41 Å². The van der Waals surface area contributed by atoms with Crippen molar-refractivity contribution in [3.63, 3.8) is 0 Å². The Morgan fingerprint density at radius 3 is 2.57 bits per heavy atom. The predicted molar refractivity (Wildman–Crippen MR) is 59.6 cm³/mol. The maximum Gasteiger partial charge on any atom is 0.142 e. The highest BCUT2D eigenvalue weighted by atomic mass is 35.5. The Morgan fingerprint density at radius 1 is 1.36 bits per heavy atom. The summed E-state index contributed by atoms with van der Waals surface area (Å²) in [4.78, 5) is 0. The fourth-order valence-electron chi connectivity index (χ4n) is 1.25. The highest BCUT2D eigenvalue weighted by Crippen LogP contribution is 2.28. The Morgan fingerprint density at radius 2 is 2.00 bits per heavy atom. The number of rotatable bonds is 3. The molecule has 1 aromatic rings. The lowest BCUT2D eigenvalue weighted by atomic mass is 9.88. The Hall–Kier alpha value is -0.270. The first-order chi connectivity index (χ1) is 6.46. The van der Waals surface area contributed by atoms with Gasteiger partial charge in [0.1, 0.15) is 5.82 Å². The summed E-state index contributed by atoms with van der Waals surface area (Å²) in [6, 6.07) is 4.86. The number of hydrogen-bond acceptors (Lipinski definition) is 0. The summed E-state index contributed by atoms with van der Waals surface area (Å²) >= 11 is 11.6.